The monoisotopic (exact) mass is 277 g/mol. The molecule has 1 aromatic rings. The largest absolute Gasteiger partial charge is 0.394 e. The Labute approximate surface area is 122 Å². The fraction of sp³-hybridized carbons (Fsp3) is 0.647. The van der Waals surface area contributed by atoms with Gasteiger partial charge in [0.25, 0.3) is 0 Å². The molecule has 0 heterocycles. The van der Waals surface area contributed by atoms with E-state index in [9.17, 15) is 5.11 Å². The Bertz CT molecular complexity index is 378. The van der Waals surface area contributed by atoms with Crippen molar-refractivity contribution in [2.45, 2.75) is 38.1 Å². The maximum absolute atomic E-state index is 9.88. The van der Waals surface area contributed by atoms with E-state index in [1.165, 1.54) is 19.3 Å². The van der Waals surface area contributed by atoms with Gasteiger partial charge >= 0.3 is 0 Å². The highest BCUT2D eigenvalue weighted by atomic mass is 16.5. The fourth-order valence-corrected chi connectivity index (χ4v) is 2.80. The lowest BCUT2D eigenvalue weighted by Crippen LogP contribution is -2.49. The molecule has 0 bridgehead atoms. The molecule has 1 fully saturated rings. The van der Waals surface area contributed by atoms with Crippen LogP contribution in [0.3, 0.4) is 0 Å². The summed E-state index contributed by atoms with van der Waals surface area (Å²) in [5.41, 5.74) is 0.614. The van der Waals surface area contributed by atoms with Crippen molar-refractivity contribution in [3.05, 3.63) is 35.9 Å². The normalized spacial score (nSPS) is 18.5. The first-order valence-electron chi connectivity index (χ1n) is 7.80. The molecule has 0 radical (unpaired) electrons. The van der Waals surface area contributed by atoms with Gasteiger partial charge < -0.3 is 15.2 Å². The van der Waals surface area contributed by atoms with E-state index in [1.54, 1.807) is 0 Å². The van der Waals surface area contributed by atoms with E-state index in [2.05, 4.69) is 12.2 Å². The quantitative estimate of drug-likeness (QED) is 0.682. The highest BCUT2D eigenvalue weighted by Gasteiger charge is 2.31. The van der Waals surface area contributed by atoms with Crippen LogP contribution in [0.15, 0.2) is 30.3 Å². The van der Waals surface area contributed by atoms with Crippen molar-refractivity contribution in [3.8, 4) is 0 Å². The molecule has 1 unspecified atom stereocenters. The summed E-state index contributed by atoms with van der Waals surface area (Å²) in [4.78, 5) is 0. The predicted molar refractivity (Wildman–Crippen MR) is 81.7 cm³/mol. The summed E-state index contributed by atoms with van der Waals surface area (Å²) in [6.07, 6.45) is 5.26. The van der Waals surface area contributed by atoms with Crippen molar-refractivity contribution < 1.29 is 9.84 Å². The van der Waals surface area contributed by atoms with Gasteiger partial charge in [-0.1, -0.05) is 56.5 Å². The van der Waals surface area contributed by atoms with Crippen molar-refractivity contribution in [3.63, 3.8) is 0 Å². The highest BCUT2D eigenvalue weighted by Crippen LogP contribution is 2.29. The van der Waals surface area contributed by atoms with E-state index < -0.39 is 5.54 Å². The van der Waals surface area contributed by atoms with Gasteiger partial charge in [-0.3, -0.25) is 0 Å². The molecule has 112 valence electrons. The van der Waals surface area contributed by atoms with Crippen molar-refractivity contribution in [2.75, 3.05) is 26.4 Å². The third kappa shape index (κ3) is 3.81. The molecule has 2 rings (SSSR count). The topological polar surface area (TPSA) is 41.5 Å². The minimum Gasteiger partial charge on any atom is -0.394 e. The second kappa shape index (κ2) is 7.77. The zero-order valence-corrected chi connectivity index (χ0v) is 12.5. The van der Waals surface area contributed by atoms with Crippen LogP contribution in [-0.4, -0.2) is 31.5 Å². The lowest BCUT2D eigenvalue weighted by molar-refractivity contribution is 0.0250. The number of likely N-dealkylation sites (N-methyl/N-ethyl adjacent to an activating group) is 1. The summed E-state index contributed by atoms with van der Waals surface area (Å²) >= 11 is 0. The molecule has 1 aliphatic carbocycles. The van der Waals surface area contributed by atoms with Crippen LogP contribution >= 0.6 is 0 Å². The van der Waals surface area contributed by atoms with Gasteiger partial charge in [-0.05, 0) is 24.4 Å². The standard InChI is InChI=1S/C17H27NO2/c1-2-18-17(13-19,16-9-4-3-5-10-16)14-20-12-11-15-7-6-8-15/h3-5,9-10,15,18-19H,2,6-8,11-14H2,1H3. The van der Waals surface area contributed by atoms with Crippen LogP contribution in [0.2, 0.25) is 0 Å². The Morgan fingerprint density at radius 2 is 2.05 bits per heavy atom. The molecule has 3 nitrogen and oxygen atoms in total. The SMILES string of the molecule is CCNC(CO)(COCCC1CCC1)c1ccccc1. The van der Waals surface area contributed by atoms with E-state index in [1.807, 2.05) is 30.3 Å². The minimum absolute atomic E-state index is 0.0499. The Hall–Kier alpha value is -0.900. The molecular weight excluding hydrogens is 250 g/mol. The molecule has 1 aromatic carbocycles. The van der Waals surface area contributed by atoms with E-state index in [-0.39, 0.29) is 6.61 Å². The number of benzene rings is 1. The first-order valence-corrected chi connectivity index (χ1v) is 7.80. The van der Waals surface area contributed by atoms with Crippen molar-refractivity contribution in [2.24, 2.45) is 5.92 Å². The smallest absolute Gasteiger partial charge is 0.0905 e. The number of aliphatic hydroxyl groups excluding tert-OH is 1. The lowest BCUT2D eigenvalue weighted by atomic mass is 9.83. The Balaban J connectivity index is 1.91. The average molecular weight is 277 g/mol. The molecule has 0 aliphatic heterocycles. The summed E-state index contributed by atoms with van der Waals surface area (Å²) in [6, 6.07) is 10.1. The third-order valence-electron chi connectivity index (χ3n) is 4.36. The summed E-state index contributed by atoms with van der Waals surface area (Å²) < 4.78 is 5.88. The fourth-order valence-electron chi connectivity index (χ4n) is 2.80. The van der Waals surface area contributed by atoms with Gasteiger partial charge in [-0.15, -0.1) is 0 Å². The van der Waals surface area contributed by atoms with Gasteiger partial charge in [0.1, 0.15) is 0 Å². The molecule has 0 saturated heterocycles. The molecule has 2 N–H and O–H groups in total. The zero-order valence-electron chi connectivity index (χ0n) is 12.5. The maximum atomic E-state index is 9.88. The van der Waals surface area contributed by atoms with E-state index in [0.717, 1.165) is 31.1 Å². The van der Waals surface area contributed by atoms with Gasteiger partial charge in [0.15, 0.2) is 0 Å². The molecule has 1 aliphatic rings. The Kier molecular flexibility index (Phi) is 6.02. The van der Waals surface area contributed by atoms with Gasteiger partial charge in [-0.25, -0.2) is 0 Å². The van der Waals surface area contributed by atoms with Gasteiger partial charge in [0, 0.05) is 6.61 Å². The second-order valence-corrected chi connectivity index (χ2v) is 5.77. The minimum atomic E-state index is -0.477. The van der Waals surface area contributed by atoms with E-state index in [0.29, 0.717) is 6.61 Å². The number of hydrogen-bond acceptors (Lipinski definition) is 3. The number of nitrogens with one attached hydrogen (secondary N) is 1. The van der Waals surface area contributed by atoms with Gasteiger partial charge in [0.2, 0.25) is 0 Å². The molecule has 20 heavy (non-hydrogen) atoms. The van der Waals surface area contributed by atoms with E-state index >= 15 is 0 Å². The van der Waals surface area contributed by atoms with Gasteiger partial charge in [0.05, 0.1) is 18.8 Å². The van der Waals surface area contributed by atoms with E-state index in [4.69, 9.17) is 4.74 Å². The summed E-state index contributed by atoms with van der Waals surface area (Å²) in [7, 11) is 0. The van der Waals surface area contributed by atoms with Crippen molar-refractivity contribution >= 4 is 0 Å². The van der Waals surface area contributed by atoms with Crippen LogP contribution in [0.5, 0.6) is 0 Å². The van der Waals surface area contributed by atoms with Crippen LogP contribution in [0.25, 0.3) is 0 Å². The molecule has 0 spiro atoms. The van der Waals surface area contributed by atoms with Crippen LogP contribution in [0.4, 0.5) is 0 Å². The number of ether oxygens (including phenoxy) is 1. The van der Waals surface area contributed by atoms with Crippen LogP contribution < -0.4 is 5.32 Å². The Morgan fingerprint density at radius 1 is 1.30 bits per heavy atom. The molecule has 0 amide bonds. The number of hydrogen-bond donors (Lipinski definition) is 2. The first kappa shape index (κ1) is 15.5. The first-order chi connectivity index (χ1) is 9.80. The molecule has 1 atom stereocenters. The Morgan fingerprint density at radius 3 is 2.60 bits per heavy atom. The zero-order chi connectivity index (χ0) is 14.3. The maximum Gasteiger partial charge on any atom is 0.0905 e. The van der Waals surface area contributed by atoms with Crippen LogP contribution in [0.1, 0.15) is 38.2 Å². The molecule has 1 saturated carbocycles. The number of rotatable bonds is 9. The highest BCUT2D eigenvalue weighted by molar-refractivity contribution is 5.25. The van der Waals surface area contributed by atoms with Crippen molar-refractivity contribution in [1.82, 2.24) is 5.32 Å². The van der Waals surface area contributed by atoms with Crippen LogP contribution in [-0.2, 0) is 10.3 Å². The molecular formula is C17H27NO2. The summed E-state index contributed by atoms with van der Waals surface area (Å²) in [5.74, 6) is 0.870. The van der Waals surface area contributed by atoms with Crippen molar-refractivity contribution in [1.29, 1.82) is 0 Å². The van der Waals surface area contributed by atoms with Crippen LogP contribution in [0, 0.1) is 5.92 Å². The molecule has 3 heteroatoms. The molecule has 0 aromatic heterocycles. The summed E-state index contributed by atoms with van der Waals surface area (Å²) in [5, 5.41) is 13.3. The summed E-state index contributed by atoms with van der Waals surface area (Å²) in [6.45, 7) is 4.23. The van der Waals surface area contributed by atoms with Gasteiger partial charge in [-0.2, -0.15) is 0 Å². The predicted octanol–water partition coefficient (Wildman–Crippen LogP) is 2.69. The third-order valence-corrected chi connectivity index (χ3v) is 4.36. The average Bonchev–Trinajstić information content (AvgIpc) is 2.45. The number of aliphatic hydroxyl groups is 1. The lowest BCUT2D eigenvalue weighted by Gasteiger charge is -2.33. The second-order valence-electron chi connectivity index (χ2n) is 5.77.